The number of carbonyl (C=O) groups excluding carboxylic acids is 3. The van der Waals surface area contributed by atoms with Gasteiger partial charge >= 0.3 is 36.0 Å². The number of alkyl halides is 14. The number of rotatable bonds is 9. The molecule has 0 aromatic heterocycles. The number of amides is 3. The lowest BCUT2D eigenvalue weighted by molar-refractivity contribution is -0.349. The van der Waals surface area contributed by atoms with Crippen molar-refractivity contribution in [2.75, 3.05) is 10.6 Å². The average Bonchev–Trinajstić information content (AvgIpc) is 3.14. The van der Waals surface area contributed by atoms with Crippen LogP contribution in [-0.2, 0) is 29.2 Å². The smallest absolute Gasteiger partial charge is 0.352 e. The molecule has 0 saturated heterocycles. The van der Waals surface area contributed by atoms with E-state index in [0.717, 1.165) is 0 Å². The number of nitrogens with two attached hydrogens (primary N) is 1. The molecule has 0 aliphatic carbocycles. The third-order valence-electron chi connectivity index (χ3n) is 8.30. The van der Waals surface area contributed by atoms with Crippen LogP contribution in [0.4, 0.5) is 72.8 Å². The van der Waals surface area contributed by atoms with E-state index in [1.54, 1.807) is 0 Å². The second-order valence-electron chi connectivity index (χ2n) is 12.6. The molecular formula is C36H22Cl6F14N4O3. The van der Waals surface area contributed by atoms with Crippen molar-refractivity contribution in [3.05, 3.63) is 124 Å². The van der Waals surface area contributed by atoms with Crippen LogP contribution in [0.3, 0.4) is 0 Å². The van der Waals surface area contributed by atoms with Crippen molar-refractivity contribution in [1.82, 2.24) is 5.32 Å². The monoisotopic (exact) mass is 1030 g/mol. The number of anilines is 2. The molecule has 0 atom stereocenters. The summed E-state index contributed by atoms with van der Waals surface area (Å²) in [6.45, 7) is 1.44. The fourth-order valence-corrected chi connectivity index (χ4v) is 6.70. The molecule has 0 heterocycles. The van der Waals surface area contributed by atoms with Crippen LogP contribution < -0.4 is 21.7 Å². The maximum atomic E-state index is 14.3. The topological polar surface area (TPSA) is 113 Å². The molecule has 27 heteroatoms. The second-order valence-corrected chi connectivity index (χ2v) is 15.0. The molecule has 0 saturated carbocycles. The summed E-state index contributed by atoms with van der Waals surface area (Å²) in [6, 6.07) is 8.22. The zero-order valence-corrected chi connectivity index (χ0v) is 35.1. The summed E-state index contributed by atoms with van der Waals surface area (Å²) in [7, 11) is 0. The minimum absolute atomic E-state index is 0.0289. The number of halogens is 20. The number of hydrogen-bond acceptors (Lipinski definition) is 4. The number of carbonyl (C=O) groups is 3. The normalized spacial score (nSPS) is 12.6. The molecule has 0 aliphatic rings. The van der Waals surface area contributed by atoms with E-state index in [-0.39, 0.29) is 64.4 Å². The fourth-order valence-electron chi connectivity index (χ4n) is 5.04. The molecule has 7 nitrogen and oxygen atoms in total. The van der Waals surface area contributed by atoms with Gasteiger partial charge in [0.05, 0.1) is 31.5 Å². The maximum absolute atomic E-state index is 14.3. The molecule has 0 fully saturated rings. The van der Waals surface area contributed by atoms with E-state index < -0.39 is 90.4 Å². The summed E-state index contributed by atoms with van der Waals surface area (Å²) in [5.74, 6) is -2.12. The van der Waals surface area contributed by atoms with Gasteiger partial charge in [0.25, 0.3) is 11.8 Å². The molecule has 4 aromatic rings. The van der Waals surface area contributed by atoms with E-state index in [1.807, 2.05) is 0 Å². The summed E-state index contributed by atoms with van der Waals surface area (Å²) in [5.41, 5.74) is -9.99. The summed E-state index contributed by atoms with van der Waals surface area (Å²) < 4.78 is 184. The van der Waals surface area contributed by atoms with Crippen molar-refractivity contribution in [3.8, 4) is 0 Å². The molecule has 344 valence electrons. The number of nitrogens with one attached hydrogen (secondary N) is 3. The van der Waals surface area contributed by atoms with Gasteiger partial charge in [0.15, 0.2) is 0 Å². The Balaban J connectivity index is 0.000000337. The van der Waals surface area contributed by atoms with Crippen molar-refractivity contribution in [2.45, 2.75) is 56.1 Å². The highest BCUT2D eigenvalue weighted by molar-refractivity contribution is 6.41. The zero-order chi connectivity index (χ0) is 48.4. The Morgan fingerprint density at radius 3 is 1.05 bits per heavy atom. The van der Waals surface area contributed by atoms with Crippen molar-refractivity contribution in [3.63, 3.8) is 0 Å². The van der Waals surface area contributed by atoms with Crippen molar-refractivity contribution in [2.24, 2.45) is 5.73 Å². The van der Waals surface area contributed by atoms with Gasteiger partial charge in [0, 0.05) is 52.3 Å². The first kappa shape index (κ1) is 53.3. The standard InChI is InChI=1S/C19H12Cl3F7N2O2.C17H10Cl3F7N2O/c1-8(32)30-7-10-3-2-9(4-12(10)20)16(33)31-15-13(21)5-11(6-14(15)22)17(23,18(24,25)26)19(27,28)29;18-10-3-7(1-2-8(10)6-28)14(30)29-13-11(19)4-9(5-12(13)20)15(21,16(22,23)24)17(25,26)27/h2-6H,7H2,1H3,(H,30,32)(H,31,33);1-5H,6,28H2,(H,29,30). The van der Waals surface area contributed by atoms with Crippen LogP contribution in [0.2, 0.25) is 30.1 Å². The first-order valence-corrected chi connectivity index (χ1v) is 18.7. The Kier molecular flexibility index (Phi) is 16.6. The van der Waals surface area contributed by atoms with Gasteiger partial charge in [0.2, 0.25) is 5.91 Å². The quantitative estimate of drug-likeness (QED) is 0.125. The van der Waals surface area contributed by atoms with Crippen molar-refractivity contribution in [1.29, 1.82) is 0 Å². The molecule has 5 N–H and O–H groups in total. The van der Waals surface area contributed by atoms with Gasteiger partial charge in [-0.05, 0) is 59.7 Å². The summed E-state index contributed by atoms with van der Waals surface area (Å²) >= 11 is 34.9. The molecule has 63 heavy (non-hydrogen) atoms. The van der Waals surface area contributed by atoms with Gasteiger partial charge in [0.1, 0.15) is 0 Å². The fraction of sp³-hybridized carbons (Fsp3) is 0.250. The molecule has 0 spiro atoms. The van der Waals surface area contributed by atoms with E-state index in [1.165, 1.54) is 43.3 Å². The lowest BCUT2D eigenvalue weighted by Gasteiger charge is -2.30. The van der Waals surface area contributed by atoms with E-state index in [4.69, 9.17) is 75.3 Å². The van der Waals surface area contributed by atoms with Crippen LogP contribution in [0, 0.1) is 0 Å². The minimum atomic E-state index is -6.36. The molecule has 0 aliphatic heterocycles. The van der Waals surface area contributed by atoms with Gasteiger partial charge in [-0.3, -0.25) is 14.4 Å². The van der Waals surface area contributed by atoms with Crippen LogP contribution >= 0.6 is 69.6 Å². The van der Waals surface area contributed by atoms with Gasteiger partial charge < -0.3 is 21.7 Å². The van der Waals surface area contributed by atoms with Gasteiger partial charge in [-0.15, -0.1) is 0 Å². The molecule has 0 bridgehead atoms. The lowest BCUT2D eigenvalue weighted by atomic mass is 9.94. The third-order valence-corrected chi connectivity index (χ3v) is 10.2. The summed E-state index contributed by atoms with van der Waals surface area (Å²) in [5, 5.41) is 3.58. The molecular weight excluding hydrogens is 1020 g/mol. The summed E-state index contributed by atoms with van der Waals surface area (Å²) in [6.07, 6.45) is -25.4. The van der Waals surface area contributed by atoms with Gasteiger partial charge in [-0.25, -0.2) is 8.78 Å². The van der Waals surface area contributed by atoms with Gasteiger partial charge in [-0.2, -0.15) is 52.7 Å². The van der Waals surface area contributed by atoms with Crippen LogP contribution in [0.1, 0.15) is 49.9 Å². The average molecular weight is 1040 g/mol. The minimum Gasteiger partial charge on any atom is -0.352 e. The Hall–Kier alpha value is -3.99. The van der Waals surface area contributed by atoms with Crippen molar-refractivity contribution >= 4 is 98.7 Å². The lowest BCUT2D eigenvalue weighted by Crippen LogP contribution is -2.50. The Labute approximate surface area is 375 Å². The van der Waals surface area contributed by atoms with Crippen LogP contribution in [0.15, 0.2) is 60.7 Å². The van der Waals surface area contributed by atoms with Crippen LogP contribution in [-0.4, -0.2) is 42.4 Å². The van der Waals surface area contributed by atoms with Crippen LogP contribution in [0.5, 0.6) is 0 Å². The Morgan fingerprint density at radius 1 is 0.492 bits per heavy atom. The van der Waals surface area contributed by atoms with E-state index >= 15 is 0 Å². The largest absolute Gasteiger partial charge is 0.435 e. The Morgan fingerprint density at radius 2 is 0.794 bits per heavy atom. The molecule has 0 radical (unpaired) electrons. The first-order valence-electron chi connectivity index (χ1n) is 16.4. The SMILES string of the molecule is CC(=O)NCc1ccc(C(=O)Nc2c(Cl)cc(C(F)(C(F)(F)F)C(F)(F)F)cc2Cl)cc1Cl.NCc1ccc(C(=O)Nc2c(Cl)cc(C(F)(C(F)(F)F)C(F)(F)F)cc2Cl)cc1Cl. The third kappa shape index (κ3) is 11.6. The van der Waals surface area contributed by atoms with Crippen LogP contribution in [0.25, 0.3) is 0 Å². The molecule has 3 amide bonds. The maximum Gasteiger partial charge on any atom is 0.435 e. The van der Waals surface area contributed by atoms with E-state index in [2.05, 4.69) is 16.0 Å². The second kappa shape index (κ2) is 19.6. The van der Waals surface area contributed by atoms with Crippen molar-refractivity contribution < 1.29 is 75.8 Å². The zero-order valence-electron chi connectivity index (χ0n) is 30.5. The highest BCUT2D eigenvalue weighted by Gasteiger charge is 2.74. The Bertz CT molecular complexity index is 2320. The first-order chi connectivity index (χ1) is 28.6. The number of benzene rings is 4. The predicted octanol–water partition coefficient (Wildman–Crippen LogP) is 13.5. The van der Waals surface area contributed by atoms with E-state index in [0.29, 0.717) is 11.1 Å². The molecule has 0 unspecified atom stereocenters. The predicted molar refractivity (Wildman–Crippen MR) is 207 cm³/mol. The van der Waals surface area contributed by atoms with Gasteiger partial charge in [-0.1, -0.05) is 81.7 Å². The molecule has 4 aromatic carbocycles. The highest BCUT2D eigenvalue weighted by atomic mass is 35.5. The highest BCUT2D eigenvalue weighted by Crippen LogP contribution is 2.56. The molecule has 4 rings (SSSR count). The van der Waals surface area contributed by atoms with E-state index in [9.17, 15) is 75.8 Å². The summed E-state index contributed by atoms with van der Waals surface area (Å²) in [4.78, 5) is 35.8. The number of hydrogen-bond donors (Lipinski definition) is 4.